The molecule has 0 saturated carbocycles. The summed E-state index contributed by atoms with van der Waals surface area (Å²) in [4.78, 5) is 22.0. The predicted octanol–water partition coefficient (Wildman–Crippen LogP) is 2.88. The molecule has 5 heteroatoms. The largest absolute Gasteiger partial charge is 0.338 e. The molecule has 0 bridgehead atoms. The number of pyridine rings is 1. The van der Waals surface area contributed by atoms with E-state index in [1.165, 1.54) is 6.20 Å². The number of benzene rings is 1. The molecule has 1 aromatic carbocycles. The van der Waals surface area contributed by atoms with Gasteiger partial charge in [-0.05, 0) is 24.6 Å². The van der Waals surface area contributed by atoms with Gasteiger partial charge in [0.25, 0.3) is 5.56 Å². The first kappa shape index (κ1) is 11.0. The Balaban J connectivity index is 2.33. The Labute approximate surface area is 108 Å². The topological polar surface area (TPSA) is 61.5 Å². The van der Waals surface area contributed by atoms with Crippen LogP contribution < -0.4 is 5.56 Å². The Morgan fingerprint density at radius 3 is 2.83 bits per heavy atom. The first-order chi connectivity index (χ1) is 8.66. The normalized spacial score (nSPS) is 11.0. The van der Waals surface area contributed by atoms with Gasteiger partial charge in [0.15, 0.2) is 0 Å². The number of aromatic amines is 2. The van der Waals surface area contributed by atoms with E-state index < -0.39 is 0 Å². The first-order valence-corrected chi connectivity index (χ1v) is 5.87. The van der Waals surface area contributed by atoms with Gasteiger partial charge in [0, 0.05) is 6.20 Å². The van der Waals surface area contributed by atoms with Gasteiger partial charge in [-0.15, -0.1) is 0 Å². The number of hydrogen-bond donors (Lipinski definition) is 2. The monoisotopic (exact) mass is 259 g/mol. The quantitative estimate of drug-likeness (QED) is 0.706. The maximum Gasteiger partial charge on any atom is 0.260 e. The van der Waals surface area contributed by atoms with E-state index in [9.17, 15) is 4.79 Å². The SMILES string of the molecule is Cc1cccc2[nH]c(-c3c(Cl)cc[nH]c3=O)nc12. The molecule has 0 amide bonds. The maximum atomic E-state index is 11.8. The van der Waals surface area contributed by atoms with E-state index in [0.29, 0.717) is 16.4 Å². The number of para-hydroxylation sites is 1. The van der Waals surface area contributed by atoms with E-state index in [-0.39, 0.29) is 5.56 Å². The van der Waals surface area contributed by atoms with Crippen LogP contribution in [0.4, 0.5) is 0 Å². The highest BCUT2D eigenvalue weighted by Crippen LogP contribution is 2.24. The summed E-state index contributed by atoms with van der Waals surface area (Å²) in [5.74, 6) is 0.492. The molecule has 3 rings (SSSR count). The first-order valence-electron chi connectivity index (χ1n) is 5.50. The molecule has 3 aromatic rings. The smallest absolute Gasteiger partial charge is 0.260 e. The van der Waals surface area contributed by atoms with Crippen LogP contribution in [0.25, 0.3) is 22.4 Å². The summed E-state index contributed by atoms with van der Waals surface area (Å²) in [5.41, 5.74) is 2.92. The average molecular weight is 260 g/mol. The number of hydrogen-bond acceptors (Lipinski definition) is 2. The fourth-order valence-electron chi connectivity index (χ4n) is 1.97. The minimum atomic E-state index is -0.251. The number of fused-ring (bicyclic) bond motifs is 1. The van der Waals surface area contributed by atoms with Crippen molar-refractivity contribution in [1.82, 2.24) is 15.0 Å². The lowest BCUT2D eigenvalue weighted by atomic mass is 10.2. The highest BCUT2D eigenvalue weighted by Gasteiger charge is 2.13. The van der Waals surface area contributed by atoms with Crippen LogP contribution in [0.3, 0.4) is 0 Å². The summed E-state index contributed by atoms with van der Waals surface area (Å²) in [6.07, 6.45) is 1.52. The Bertz CT molecular complexity index is 788. The minimum absolute atomic E-state index is 0.251. The standard InChI is InChI=1S/C13H10ClN3O/c1-7-3-2-4-9-11(7)17-12(16-9)10-8(14)5-6-15-13(10)18/h2-6H,1H3,(H,15,18)(H,16,17). The van der Waals surface area contributed by atoms with Crippen molar-refractivity contribution in [1.29, 1.82) is 0 Å². The molecule has 0 aliphatic rings. The zero-order valence-electron chi connectivity index (χ0n) is 9.62. The lowest BCUT2D eigenvalue weighted by Gasteiger charge is -1.97. The number of rotatable bonds is 1. The lowest BCUT2D eigenvalue weighted by molar-refractivity contribution is 1.21. The molecule has 0 aliphatic heterocycles. The number of H-pyrrole nitrogens is 2. The van der Waals surface area contributed by atoms with E-state index in [0.717, 1.165) is 16.6 Å². The Kier molecular flexibility index (Phi) is 2.45. The van der Waals surface area contributed by atoms with Gasteiger partial charge in [-0.25, -0.2) is 4.98 Å². The molecular formula is C13H10ClN3O. The summed E-state index contributed by atoms with van der Waals surface area (Å²) in [5, 5.41) is 0.385. The van der Waals surface area contributed by atoms with Gasteiger partial charge >= 0.3 is 0 Å². The third kappa shape index (κ3) is 1.62. The van der Waals surface area contributed by atoms with E-state index in [2.05, 4.69) is 15.0 Å². The third-order valence-electron chi connectivity index (χ3n) is 2.86. The fourth-order valence-corrected chi connectivity index (χ4v) is 2.21. The van der Waals surface area contributed by atoms with Crippen molar-refractivity contribution in [3.8, 4) is 11.4 Å². The molecule has 0 atom stereocenters. The van der Waals surface area contributed by atoms with Crippen LogP contribution >= 0.6 is 11.6 Å². The van der Waals surface area contributed by atoms with Crippen molar-refractivity contribution in [2.24, 2.45) is 0 Å². The van der Waals surface area contributed by atoms with Crippen LogP contribution in [0.1, 0.15) is 5.56 Å². The summed E-state index contributed by atoms with van der Waals surface area (Å²) < 4.78 is 0. The van der Waals surface area contributed by atoms with Gasteiger partial charge in [-0.3, -0.25) is 4.79 Å². The third-order valence-corrected chi connectivity index (χ3v) is 3.18. The second-order valence-electron chi connectivity index (χ2n) is 4.09. The second kappa shape index (κ2) is 3.99. The van der Waals surface area contributed by atoms with Crippen molar-refractivity contribution >= 4 is 22.6 Å². The summed E-state index contributed by atoms with van der Waals surface area (Å²) in [6, 6.07) is 7.47. The lowest BCUT2D eigenvalue weighted by Crippen LogP contribution is -2.08. The molecule has 0 spiro atoms. The molecule has 90 valence electrons. The molecule has 2 N–H and O–H groups in total. The van der Waals surface area contributed by atoms with E-state index in [4.69, 9.17) is 11.6 Å². The van der Waals surface area contributed by atoms with Gasteiger partial charge in [0.1, 0.15) is 11.4 Å². The molecule has 4 nitrogen and oxygen atoms in total. The second-order valence-corrected chi connectivity index (χ2v) is 4.49. The number of aromatic nitrogens is 3. The van der Waals surface area contributed by atoms with Crippen LogP contribution in [0.15, 0.2) is 35.3 Å². The number of nitrogens with zero attached hydrogens (tertiary/aromatic N) is 1. The number of aryl methyl sites for hydroxylation is 1. The molecule has 2 heterocycles. The highest BCUT2D eigenvalue weighted by atomic mass is 35.5. The predicted molar refractivity (Wildman–Crippen MR) is 71.9 cm³/mol. The Morgan fingerprint density at radius 1 is 1.28 bits per heavy atom. The van der Waals surface area contributed by atoms with Crippen LogP contribution in [-0.4, -0.2) is 15.0 Å². The summed E-state index contributed by atoms with van der Waals surface area (Å²) in [6.45, 7) is 1.98. The maximum absolute atomic E-state index is 11.8. The van der Waals surface area contributed by atoms with Crippen molar-refractivity contribution < 1.29 is 0 Å². The molecule has 0 fully saturated rings. The minimum Gasteiger partial charge on any atom is -0.338 e. The van der Waals surface area contributed by atoms with Gasteiger partial charge in [-0.2, -0.15) is 0 Å². The van der Waals surface area contributed by atoms with Crippen LogP contribution in [0, 0.1) is 6.92 Å². The summed E-state index contributed by atoms with van der Waals surface area (Å²) in [7, 11) is 0. The molecule has 0 radical (unpaired) electrons. The van der Waals surface area contributed by atoms with Crippen LogP contribution in [0.5, 0.6) is 0 Å². The molecular weight excluding hydrogens is 250 g/mol. The fraction of sp³-hybridized carbons (Fsp3) is 0.0769. The van der Waals surface area contributed by atoms with Crippen molar-refractivity contribution in [2.75, 3.05) is 0 Å². The summed E-state index contributed by atoms with van der Waals surface area (Å²) >= 11 is 6.05. The van der Waals surface area contributed by atoms with E-state index in [1.54, 1.807) is 6.07 Å². The average Bonchev–Trinajstić information content (AvgIpc) is 2.74. The Hall–Kier alpha value is -2.07. The van der Waals surface area contributed by atoms with E-state index >= 15 is 0 Å². The molecule has 0 aliphatic carbocycles. The number of imidazole rings is 1. The van der Waals surface area contributed by atoms with Crippen molar-refractivity contribution in [3.05, 3.63) is 51.4 Å². The molecule has 2 aromatic heterocycles. The Morgan fingerprint density at radius 2 is 2.11 bits per heavy atom. The van der Waals surface area contributed by atoms with Gasteiger partial charge in [0.2, 0.25) is 0 Å². The van der Waals surface area contributed by atoms with Crippen molar-refractivity contribution in [3.63, 3.8) is 0 Å². The van der Waals surface area contributed by atoms with Crippen LogP contribution in [-0.2, 0) is 0 Å². The van der Waals surface area contributed by atoms with Crippen LogP contribution in [0.2, 0.25) is 5.02 Å². The molecule has 0 unspecified atom stereocenters. The zero-order valence-corrected chi connectivity index (χ0v) is 10.4. The highest BCUT2D eigenvalue weighted by molar-refractivity contribution is 6.33. The number of nitrogens with one attached hydrogen (secondary N) is 2. The molecule has 0 saturated heterocycles. The van der Waals surface area contributed by atoms with E-state index in [1.807, 2.05) is 25.1 Å². The van der Waals surface area contributed by atoms with Gasteiger partial charge in [0.05, 0.1) is 16.1 Å². The van der Waals surface area contributed by atoms with Crippen molar-refractivity contribution in [2.45, 2.75) is 6.92 Å². The zero-order chi connectivity index (χ0) is 12.7. The van der Waals surface area contributed by atoms with Gasteiger partial charge < -0.3 is 9.97 Å². The number of halogens is 1. The van der Waals surface area contributed by atoms with Gasteiger partial charge in [-0.1, -0.05) is 23.7 Å². The molecule has 18 heavy (non-hydrogen) atoms.